The van der Waals surface area contributed by atoms with E-state index in [0.29, 0.717) is 11.8 Å². The van der Waals surface area contributed by atoms with Crippen molar-refractivity contribution in [1.82, 2.24) is 38.6 Å². The van der Waals surface area contributed by atoms with Crippen molar-refractivity contribution in [2.45, 2.75) is 0 Å². The Labute approximate surface area is 478 Å². The smallest absolute Gasteiger partial charge is 0.237 e. The highest BCUT2D eigenvalue weighted by atomic mass is 15.2. The largest absolute Gasteiger partial charge is 0.309 e. The molecule has 0 spiro atoms. The average molecular weight is 1060 g/mol. The van der Waals surface area contributed by atoms with Crippen LogP contribution in [0, 0.1) is 0 Å². The fraction of sp³-hybridized carbons (Fsp3) is 0. The Morgan fingerprint density at radius 1 is 0.241 bits per heavy atom. The molecule has 11 aromatic carbocycles. The molecule has 0 bridgehead atoms. The first-order valence-corrected chi connectivity index (χ1v) is 27.9. The first kappa shape index (κ1) is 47.6. The summed E-state index contributed by atoms with van der Waals surface area (Å²) >= 11 is 0. The molecule has 0 aliphatic rings. The van der Waals surface area contributed by atoms with Crippen LogP contribution in [-0.4, -0.2) is 38.6 Å². The van der Waals surface area contributed by atoms with E-state index in [2.05, 4.69) is 250 Å². The number of imidazole rings is 1. The number of hydrogen-bond acceptors (Lipinski definition) is 5. The third-order valence-electron chi connectivity index (χ3n) is 15.9. The van der Waals surface area contributed by atoms with Crippen molar-refractivity contribution in [3.63, 3.8) is 0 Å². The topological polar surface area (TPSA) is 79.2 Å². The summed E-state index contributed by atoms with van der Waals surface area (Å²) in [5.74, 6) is 2.05. The van der Waals surface area contributed by atoms with E-state index in [0.717, 1.165) is 123 Å². The normalized spacial score (nSPS) is 11.6. The minimum Gasteiger partial charge on any atom is -0.309 e. The standard InChI is InChI=1S/C75H48N8/c1-6-20-49(21-7-1)50-34-36-51(37-35-50)64-48-65(77-72(76-64)54-24-10-3-11-25-54)52-38-42-59(43-39-52)81-66-32-18-16-30-60(66)62-46-56(40-44-68(62)81)57-41-45-69-63(47-57)61-31-17-19-33-67(61)83(69)75-79-70(53-22-8-2-9-23-53)71-74(80-75)82(58-28-14-5-15-29-58)73(78-71)55-26-12-4-13-27-55/h1-48H. The van der Waals surface area contributed by atoms with Crippen molar-refractivity contribution in [2.24, 2.45) is 0 Å². The van der Waals surface area contributed by atoms with Crippen LogP contribution in [0.25, 0.3) is 151 Å². The molecule has 0 N–H and O–H groups in total. The summed E-state index contributed by atoms with van der Waals surface area (Å²) in [7, 11) is 0. The Kier molecular flexibility index (Phi) is 11.3. The fourth-order valence-electron chi connectivity index (χ4n) is 11.9. The molecule has 0 atom stereocenters. The van der Waals surface area contributed by atoms with E-state index in [9.17, 15) is 0 Å². The molecule has 0 saturated heterocycles. The number of benzene rings is 11. The first-order valence-electron chi connectivity index (χ1n) is 27.9. The van der Waals surface area contributed by atoms with Gasteiger partial charge >= 0.3 is 0 Å². The third kappa shape index (κ3) is 8.27. The minimum absolute atomic E-state index is 0.568. The van der Waals surface area contributed by atoms with Crippen molar-refractivity contribution in [1.29, 1.82) is 0 Å². The molecule has 0 unspecified atom stereocenters. The van der Waals surface area contributed by atoms with Crippen molar-refractivity contribution in [2.75, 3.05) is 0 Å². The van der Waals surface area contributed by atoms with Gasteiger partial charge in [-0.2, -0.15) is 4.98 Å². The van der Waals surface area contributed by atoms with E-state index < -0.39 is 0 Å². The number of rotatable bonds is 10. The molecule has 0 aliphatic carbocycles. The summed E-state index contributed by atoms with van der Waals surface area (Å²) in [5.41, 5.74) is 19.8. The Balaban J connectivity index is 0.792. The van der Waals surface area contributed by atoms with E-state index in [1.807, 2.05) is 54.6 Å². The van der Waals surface area contributed by atoms with Gasteiger partial charge in [0, 0.05) is 60.7 Å². The Bertz CT molecular complexity index is 5090. The summed E-state index contributed by atoms with van der Waals surface area (Å²) < 4.78 is 6.75. The van der Waals surface area contributed by atoms with Gasteiger partial charge < -0.3 is 4.57 Å². The van der Waals surface area contributed by atoms with Gasteiger partial charge in [0.1, 0.15) is 17.0 Å². The van der Waals surface area contributed by atoms with Gasteiger partial charge in [-0.3, -0.25) is 9.13 Å². The van der Waals surface area contributed by atoms with E-state index in [1.54, 1.807) is 0 Å². The molecule has 388 valence electrons. The summed E-state index contributed by atoms with van der Waals surface area (Å²) in [4.78, 5) is 26.6. The first-order chi connectivity index (χ1) is 41.1. The number of nitrogens with zero attached hydrogens (tertiary/aromatic N) is 8. The van der Waals surface area contributed by atoms with Crippen LogP contribution >= 0.6 is 0 Å². The Morgan fingerprint density at radius 3 is 1.25 bits per heavy atom. The van der Waals surface area contributed by atoms with Gasteiger partial charge in [0.2, 0.25) is 5.95 Å². The van der Waals surface area contributed by atoms with Gasteiger partial charge in [0.05, 0.1) is 33.5 Å². The molecule has 5 heterocycles. The second-order valence-electron chi connectivity index (χ2n) is 20.9. The van der Waals surface area contributed by atoms with E-state index in [-0.39, 0.29) is 0 Å². The van der Waals surface area contributed by atoms with Gasteiger partial charge in [-0.25, -0.2) is 19.9 Å². The van der Waals surface area contributed by atoms with Gasteiger partial charge in [0.25, 0.3) is 0 Å². The molecule has 16 aromatic rings. The number of fused-ring (bicyclic) bond motifs is 7. The quantitative estimate of drug-likeness (QED) is 0.136. The molecule has 0 aliphatic heterocycles. The molecule has 8 heteroatoms. The van der Waals surface area contributed by atoms with Crippen molar-refractivity contribution < 1.29 is 0 Å². The molecular weight excluding hydrogens is 1010 g/mol. The maximum absolute atomic E-state index is 5.50. The second-order valence-corrected chi connectivity index (χ2v) is 20.9. The minimum atomic E-state index is 0.568. The lowest BCUT2D eigenvalue weighted by Crippen LogP contribution is -2.05. The van der Waals surface area contributed by atoms with E-state index in [4.69, 9.17) is 24.9 Å². The van der Waals surface area contributed by atoms with Crippen LogP contribution in [0.5, 0.6) is 0 Å². The molecule has 0 saturated carbocycles. The van der Waals surface area contributed by atoms with Gasteiger partial charge in [-0.05, 0) is 89.0 Å². The van der Waals surface area contributed by atoms with Crippen LogP contribution in [0.2, 0.25) is 0 Å². The zero-order valence-corrected chi connectivity index (χ0v) is 44.8. The zero-order chi connectivity index (χ0) is 54.8. The zero-order valence-electron chi connectivity index (χ0n) is 44.8. The fourth-order valence-corrected chi connectivity index (χ4v) is 11.9. The molecular formula is C75H48N8. The van der Waals surface area contributed by atoms with Gasteiger partial charge in [0.15, 0.2) is 11.5 Å². The van der Waals surface area contributed by atoms with Crippen molar-refractivity contribution >= 4 is 54.8 Å². The Morgan fingerprint density at radius 2 is 0.663 bits per heavy atom. The molecule has 83 heavy (non-hydrogen) atoms. The van der Waals surface area contributed by atoms with E-state index in [1.165, 1.54) is 16.3 Å². The Hall–Kier alpha value is -11.4. The second kappa shape index (κ2) is 19.8. The summed E-state index contributed by atoms with van der Waals surface area (Å²) in [6.07, 6.45) is 0. The highest BCUT2D eigenvalue weighted by Gasteiger charge is 2.24. The maximum atomic E-state index is 5.50. The predicted molar refractivity (Wildman–Crippen MR) is 339 cm³/mol. The SMILES string of the molecule is c1ccc(-c2ccc(-c3cc(-c4ccc(-n5c6ccccc6c6cc(-c7ccc8c(c7)c7ccccc7n8-c7nc(-c8ccccc8)c8nc(-c9ccccc9)n(-c9ccccc9)c8n7)ccc65)cc4)nc(-c4ccccc4)n3)cc2)cc1. The highest BCUT2D eigenvalue weighted by Crippen LogP contribution is 2.41. The predicted octanol–water partition coefficient (Wildman–Crippen LogP) is 18.5. The van der Waals surface area contributed by atoms with Crippen molar-refractivity contribution in [3.8, 4) is 96.1 Å². The monoisotopic (exact) mass is 1060 g/mol. The van der Waals surface area contributed by atoms with Gasteiger partial charge in [-0.1, -0.05) is 224 Å². The lowest BCUT2D eigenvalue weighted by atomic mass is 10.0. The van der Waals surface area contributed by atoms with Crippen LogP contribution in [-0.2, 0) is 0 Å². The summed E-state index contributed by atoms with van der Waals surface area (Å²) in [6.45, 7) is 0. The lowest BCUT2D eigenvalue weighted by molar-refractivity contribution is 0.989. The average Bonchev–Trinajstić information content (AvgIpc) is 2.97. The highest BCUT2D eigenvalue weighted by molar-refractivity contribution is 6.13. The van der Waals surface area contributed by atoms with Crippen LogP contribution in [0.4, 0.5) is 0 Å². The van der Waals surface area contributed by atoms with Gasteiger partial charge in [-0.15, -0.1) is 0 Å². The maximum Gasteiger partial charge on any atom is 0.237 e. The molecule has 0 amide bonds. The number of para-hydroxylation sites is 3. The van der Waals surface area contributed by atoms with Crippen LogP contribution in [0.1, 0.15) is 0 Å². The van der Waals surface area contributed by atoms with Crippen LogP contribution in [0.15, 0.2) is 291 Å². The number of hydrogen-bond donors (Lipinski definition) is 0. The molecule has 0 fully saturated rings. The summed E-state index contributed by atoms with van der Waals surface area (Å²) in [6, 6.07) is 102. The molecule has 5 aromatic heterocycles. The third-order valence-corrected chi connectivity index (χ3v) is 15.9. The molecule has 16 rings (SSSR count). The van der Waals surface area contributed by atoms with Crippen LogP contribution < -0.4 is 0 Å². The van der Waals surface area contributed by atoms with Crippen LogP contribution in [0.3, 0.4) is 0 Å². The number of aromatic nitrogens is 8. The van der Waals surface area contributed by atoms with Crippen molar-refractivity contribution in [3.05, 3.63) is 291 Å². The molecule has 0 radical (unpaired) electrons. The lowest BCUT2D eigenvalue weighted by Gasteiger charge is -2.12. The summed E-state index contributed by atoms with van der Waals surface area (Å²) in [5, 5.41) is 4.59. The van der Waals surface area contributed by atoms with E-state index >= 15 is 0 Å². The molecule has 8 nitrogen and oxygen atoms in total.